The molecular formula is C23H19ClN4O3. The first-order chi connectivity index (χ1) is 14.9. The number of halogens is 1. The number of nitrogens with zero attached hydrogens (tertiary/aromatic N) is 3. The number of carbonyl (C=O) groups is 1. The zero-order valence-electron chi connectivity index (χ0n) is 17.1. The molecule has 1 unspecified atom stereocenters. The van der Waals surface area contributed by atoms with E-state index in [0.29, 0.717) is 33.4 Å². The van der Waals surface area contributed by atoms with Crippen molar-refractivity contribution in [1.82, 2.24) is 9.88 Å². The SMILES string of the molecule is COc1ccc2c(c1C)Oc1ccc(-c3cncc(Cl)c3)cc1C21N=C(N)N(C)C1=O. The van der Waals surface area contributed by atoms with Gasteiger partial charge in [-0.1, -0.05) is 17.7 Å². The Morgan fingerprint density at radius 1 is 1.13 bits per heavy atom. The lowest BCUT2D eigenvalue weighted by molar-refractivity contribution is -0.129. The molecule has 1 spiro atoms. The minimum Gasteiger partial charge on any atom is -0.496 e. The molecule has 5 rings (SSSR count). The van der Waals surface area contributed by atoms with Gasteiger partial charge in [-0.05, 0) is 42.8 Å². The number of nitrogens with two attached hydrogens (primary N) is 1. The number of fused-ring (bicyclic) bond motifs is 4. The second kappa shape index (κ2) is 6.72. The predicted octanol–water partition coefficient (Wildman–Crippen LogP) is 3.86. The van der Waals surface area contributed by atoms with Gasteiger partial charge in [0.15, 0.2) is 5.96 Å². The molecule has 31 heavy (non-hydrogen) atoms. The molecule has 1 aromatic heterocycles. The molecule has 8 heteroatoms. The summed E-state index contributed by atoms with van der Waals surface area (Å²) in [6.45, 7) is 1.89. The van der Waals surface area contributed by atoms with Crippen molar-refractivity contribution < 1.29 is 14.3 Å². The van der Waals surface area contributed by atoms with E-state index in [1.165, 1.54) is 4.90 Å². The minimum absolute atomic E-state index is 0.145. The van der Waals surface area contributed by atoms with Crippen molar-refractivity contribution in [3.8, 4) is 28.4 Å². The minimum atomic E-state index is -1.35. The van der Waals surface area contributed by atoms with Crippen LogP contribution in [0.3, 0.4) is 0 Å². The van der Waals surface area contributed by atoms with Crippen LogP contribution in [-0.4, -0.2) is 35.9 Å². The van der Waals surface area contributed by atoms with Gasteiger partial charge >= 0.3 is 0 Å². The highest BCUT2D eigenvalue weighted by Crippen LogP contribution is 2.54. The molecule has 2 aliphatic heterocycles. The first kappa shape index (κ1) is 19.4. The van der Waals surface area contributed by atoms with Crippen LogP contribution in [0.25, 0.3) is 11.1 Å². The third-order valence-electron chi connectivity index (χ3n) is 5.83. The first-order valence-electron chi connectivity index (χ1n) is 9.61. The topological polar surface area (TPSA) is 90.0 Å². The summed E-state index contributed by atoms with van der Waals surface area (Å²) < 4.78 is 11.7. The molecule has 7 nitrogen and oxygen atoms in total. The lowest BCUT2D eigenvalue weighted by atomic mass is 9.78. The highest BCUT2D eigenvalue weighted by molar-refractivity contribution is 6.30. The zero-order valence-corrected chi connectivity index (χ0v) is 17.9. The van der Waals surface area contributed by atoms with Gasteiger partial charge in [-0.15, -0.1) is 0 Å². The van der Waals surface area contributed by atoms with E-state index < -0.39 is 5.54 Å². The Hall–Kier alpha value is -3.58. The smallest absolute Gasteiger partial charge is 0.266 e. The summed E-state index contributed by atoms with van der Waals surface area (Å²) in [7, 11) is 3.21. The van der Waals surface area contributed by atoms with Crippen LogP contribution < -0.4 is 15.2 Å². The molecule has 2 aromatic carbocycles. The van der Waals surface area contributed by atoms with Gasteiger partial charge in [0.25, 0.3) is 5.91 Å². The number of carbonyl (C=O) groups excluding carboxylic acids is 1. The molecule has 3 heterocycles. The molecule has 0 saturated carbocycles. The van der Waals surface area contributed by atoms with E-state index in [2.05, 4.69) is 9.98 Å². The number of methoxy groups -OCH3 is 1. The van der Waals surface area contributed by atoms with E-state index in [9.17, 15) is 4.79 Å². The van der Waals surface area contributed by atoms with E-state index in [0.717, 1.165) is 16.7 Å². The Labute approximate surface area is 184 Å². The van der Waals surface area contributed by atoms with Crippen LogP contribution in [0.2, 0.25) is 5.02 Å². The second-order valence-corrected chi connectivity index (χ2v) is 7.96. The highest BCUT2D eigenvalue weighted by atomic mass is 35.5. The normalized spacial score (nSPS) is 19.0. The number of benzene rings is 2. The summed E-state index contributed by atoms with van der Waals surface area (Å²) in [6, 6.07) is 11.1. The van der Waals surface area contributed by atoms with Crippen LogP contribution in [0.5, 0.6) is 17.2 Å². The number of hydrogen-bond donors (Lipinski definition) is 1. The molecule has 2 aliphatic rings. The van der Waals surface area contributed by atoms with E-state index in [1.54, 1.807) is 26.6 Å². The second-order valence-electron chi connectivity index (χ2n) is 7.52. The van der Waals surface area contributed by atoms with Gasteiger partial charge in [0.1, 0.15) is 17.2 Å². The Kier molecular flexibility index (Phi) is 4.20. The van der Waals surface area contributed by atoms with Crippen LogP contribution in [0.15, 0.2) is 53.8 Å². The van der Waals surface area contributed by atoms with E-state index in [1.807, 2.05) is 43.3 Å². The molecule has 0 aliphatic carbocycles. The third kappa shape index (κ3) is 2.63. The highest BCUT2D eigenvalue weighted by Gasteiger charge is 2.55. The maximum absolute atomic E-state index is 13.6. The van der Waals surface area contributed by atoms with Gasteiger partial charge in [-0.3, -0.25) is 14.7 Å². The average Bonchev–Trinajstić information content (AvgIpc) is 2.99. The fraction of sp³-hybridized carbons (Fsp3) is 0.174. The quantitative estimate of drug-likeness (QED) is 0.661. The number of pyridine rings is 1. The summed E-state index contributed by atoms with van der Waals surface area (Å²) in [5.41, 5.74) is 8.43. The summed E-state index contributed by atoms with van der Waals surface area (Å²) in [5, 5.41) is 0.521. The van der Waals surface area contributed by atoms with Crippen LogP contribution in [0.1, 0.15) is 16.7 Å². The lowest BCUT2D eigenvalue weighted by Crippen LogP contribution is -2.42. The van der Waals surface area contributed by atoms with Crippen molar-refractivity contribution in [1.29, 1.82) is 0 Å². The first-order valence-corrected chi connectivity index (χ1v) is 9.99. The van der Waals surface area contributed by atoms with Gasteiger partial charge in [0.2, 0.25) is 5.54 Å². The Morgan fingerprint density at radius 3 is 2.61 bits per heavy atom. The van der Waals surface area contributed by atoms with E-state index in [4.69, 9.17) is 26.8 Å². The molecule has 0 radical (unpaired) electrons. The Morgan fingerprint density at radius 2 is 1.94 bits per heavy atom. The molecule has 2 N–H and O–H groups in total. The Bertz CT molecular complexity index is 1290. The molecule has 0 fully saturated rings. The van der Waals surface area contributed by atoms with Gasteiger partial charge in [0.05, 0.1) is 12.1 Å². The maximum Gasteiger partial charge on any atom is 0.266 e. The zero-order chi connectivity index (χ0) is 21.9. The van der Waals surface area contributed by atoms with Gasteiger partial charge in [-0.2, -0.15) is 0 Å². The standard InChI is InChI=1S/C23H19ClN4O3/c1-12-18(30-3)7-5-16-20(12)31-19-6-4-13(14-8-15(24)11-26-10-14)9-17(19)23(16)21(29)28(2)22(25)27-23/h4-11H,1-3H3,(H2,25,27). The summed E-state index contributed by atoms with van der Waals surface area (Å²) in [5.74, 6) is 1.63. The lowest BCUT2D eigenvalue weighted by Gasteiger charge is -2.34. The fourth-order valence-electron chi connectivity index (χ4n) is 4.21. The monoisotopic (exact) mass is 434 g/mol. The van der Waals surface area contributed by atoms with Gasteiger partial charge < -0.3 is 15.2 Å². The number of guanidine groups is 1. The summed E-state index contributed by atoms with van der Waals surface area (Å²) in [4.78, 5) is 23.8. The molecule has 1 amide bonds. The van der Waals surface area contributed by atoms with E-state index >= 15 is 0 Å². The molecule has 0 saturated heterocycles. The number of likely N-dealkylation sites (N-methyl/N-ethyl adjacent to an activating group) is 1. The molecule has 3 aromatic rings. The maximum atomic E-state index is 13.6. The van der Waals surface area contributed by atoms with Crippen LogP contribution in [0.4, 0.5) is 0 Å². The number of hydrogen-bond acceptors (Lipinski definition) is 6. The average molecular weight is 435 g/mol. The van der Waals surface area contributed by atoms with Crippen LogP contribution in [-0.2, 0) is 10.3 Å². The number of rotatable bonds is 2. The van der Waals surface area contributed by atoms with Crippen molar-refractivity contribution >= 4 is 23.5 Å². The van der Waals surface area contributed by atoms with Gasteiger partial charge in [0, 0.05) is 41.7 Å². The van der Waals surface area contributed by atoms with Crippen molar-refractivity contribution in [3.05, 3.63) is 70.5 Å². The third-order valence-corrected chi connectivity index (χ3v) is 6.03. The largest absolute Gasteiger partial charge is 0.496 e. The van der Waals surface area contributed by atoms with Gasteiger partial charge in [-0.25, -0.2) is 4.99 Å². The molecule has 0 bridgehead atoms. The number of ether oxygens (including phenoxy) is 2. The molecular weight excluding hydrogens is 416 g/mol. The number of aliphatic imine (C=N–C) groups is 1. The number of amides is 1. The van der Waals surface area contributed by atoms with Crippen LogP contribution in [0, 0.1) is 6.92 Å². The molecule has 1 atom stereocenters. The van der Waals surface area contributed by atoms with Crippen molar-refractivity contribution in [2.24, 2.45) is 10.7 Å². The van der Waals surface area contributed by atoms with Crippen molar-refractivity contribution in [2.45, 2.75) is 12.5 Å². The summed E-state index contributed by atoms with van der Waals surface area (Å²) >= 11 is 6.13. The fourth-order valence-corrected chi connectivity index (χ4v) is 4.38. The summed E-state index contributed by atoms with van der Waals surface area (Å²) in [6.07, 6.45) is 3.29. The van der Waals surface area contributed by atoms with E-state index in [-0.39, 0.29) is 11.9 Å². The predicted molar refractivity (Wildman–Crippen MR) is 118 cm³/mol. The molecule has 156 valence electrons. The van der Waals surface area contributed by atoms with Crippen molar-refractivity contribution in [3.63, 3.8) is 0 Å². The van der Waals surface area contributed by atoms with Crippen molar-refractivity contribution in [2.75, 3.05) is 14.2 Å². The number of aromatic nitrogens is 1. The van der Waals surface area contributed by atoms with Crippen LogP contribution >= 0.6 is 11.6 Å². The Balaban J connectivity index is 1.81.